The number of carbonyl (C=O) groups is 3. The molecule has 4 N–H and O–H groups in total. The number of nitrogens with two attached hydrogens (primary N) is 1. The van der Waals surface area contributed by atoms with Crippen molar-refractivity contribution in [3.63, 3.8) is 0 Å². The first-order valence-corrected chi connectivity index (χ1v) is 24.0. The van der Waals surface area contributed by atoms with Crippen molar-refractivity contribution in [1.82, 2.24) is 33.6 Å². The Morgan fingerprint density at radius 2 is 1.26 bits per heavy atom. The van der Waals surface area contributed by atoms with Gasteiger partial charge in [0.15, 0.2) is 4.90 Å². The van der Waals surface area contributed by atoms with Gasteiger partial charge in [0.2, 0.25) is 27.7 Å². The van der Waals surface area contributed by atoms with Crippen LogP contribution in [-0.4, -0.2) is 104 Å². The van der Waals surface area contributed by atoms with Gasteiger partial charge in [0.05, 0.1) is 38.5 Å². The number of halogens is 2. The summed E-state index contributed by atoms with van der Waals surface area (Å²) < 4.78 is 89.7. The molecular formula is C46H54F2N8O12S2. The van der Waals surface area contributed by atoms with Crippen LogP contribution in [0.1, 0.15) is 61.8 Å². The Bertz CT molecular complexity index is 3190. The molecule has 6 rings (SSSR count). The number of carboxylic acids is 1. The number of carbonyl (C=O) groups excluding carboxylic acids is 2. The van der Waals surface area contributed by atoms with E-state index < -0.39 is 60.3 Å². The number of aryl methyl sites for hydroxylation is 1. The van der Waals surface area contributed by atoms with Crippen molar-refractivity contribution < 1.29 is 54.6 Å². The van der Waals surface area contributed by atoms with Gasteiger partial charge in [-0.1, -0.05) is 27.7 Å². The van der Waals surface area contributed by atoms with Crippen LogP contribution in [0, 0.1) is 11.6 Å². The number of nitrogens with zero attached hydrogens (tertiary/aromatic N) is 6. The van der Waals surface area contributed by atoms with Crippen molar-refractivity contribution in [1.29, 1.82) is 0 Å². The highest BCUT2D eigenvalue weighted by Gasteiger charge is 2.27. The molecule has 1 aliphatic rings. The van der Waals surface area contributed by atoms with Crippen molar-refractivity contribution in [3.8, 4) is 34.0 Å². The highest BCUT2D eigenvalue weighted by molar-refractivity contribution is 7.93. The predicted molar refractivity (Wildman–Crippen MR) is 255 cm³/mol. The van der Waals surface area contributed by atoms with E-state index in [9.17, 15) is 54.7 Å². The molecule has 0 aliphatic carbocycles. The van der Waals surface area contributed by atoms with E-state index in [0.29, 0.717) is 55.0 Å². The van der Waals surface area contributed by atoms with Crippen LogP contribution in [-0.2, 0) is 56.6 Å². The molecule has 0 saturated carbocycles. The average Bonchev–Trinajstić information content (AvgIpc) is 3.28. The molecule has 0 bridgehead atoms. The number of urea groups is 1. The molecule has 1 aliphatic heterocycles. The van der Waals surface area contributed by atoms with Gasteiger partial charge in [0.1, 0.15) is 11.6 Å². The molecule has 0 spiro atoms. The van der Waals surface area contributed by atoms with Gasteiger partial charge in [-0.3, -0.25) is 19.0 Å². The molecule has 0 fully saturated rings. The number of ether oxygens (including phenoxy) is 2. The fourth-order valence-corrected chi connectivity index (χ4v) is 9.02. The van der Waals surface area contributed by atoms with Gasteiger partial charge in [-0.05, 0) is 92.7 Å². The van der Waals surface area contributed by atoms with E-state index in [4.69, 9.17) is 14.6 Å². The Kier molecular flexibility index (Phi) is 18.1. The van der Waals surface area contributed by atoms with E-state index in [2.05, 4.69) is 9.97 Å². The molecule has 0 unspecified atom stereocenters. The Morgan fingerprint density at radius 3 is 1.67 bits per heavy atom. The number of primary sulfonamides is 1. The SMILES string of the molecule is CN1C=C(S(N)(=O)=O)CN(C)C1=O.COc1cc(-c2cc(F)cc(C(C)C)c2CC(=O)NS(=O)(=O)c2cn(C)c(=O)n(C)c2=O)ccn1.COc1cc(-c2cc(F)cc(C(C)C)c2CC(=O)O)ccn1. The quantitative estimate of drug-likeness (QED) is 0.149. The van der Waals surface area contributed by atoms with E-state index in [-0.39, 0.29) is 47.4 Å². The Balaban J connectivity index is 0.000000258. The maximum atomic E-state index is 14.5. The number of carboxylic acid groups (broad SMARTS) is 1. The number of sulfonamides is 2. The molecule has 24 heteroatoms. The second kappa shape index (κ2) is 22.9. The number of nitrogens with one attached hydrogen (secondary N) is 1. The number of likely N-dealkylation sites (N-methyl/N-ethyl adjacent to an activating group) is 1. The van der Waals surface area contributed by atoms with E-state index >= 15 is 0 Å². The summed E-state index contributed by atoms with van der Waals surface area (Å²) in [6, 6.07) is 11.6. The molecule has 0 atom stereocenters. The second-order valence-electron chi connectivity index (χ2n) is 16.4. The fraction of sp³-hybridized carbons (Fsp3) is 0.326. The number of methoxy groups -OCH3 is 2. The zero-order valence-electron chi connectivity index (χ0n) is 40.0. The maximum Gasteiger partial charge on any atom is 0.330 e. The fourth-order valence-electron chi connectivity index (χ4n) is 7.19. The zero-order valence-corrected chi connectivity index (χ0v) is 41.6. The van der Waals surface area contributed by atoms with Crippen LogP contribution < -0.4 is 30.6 Å². The van der Waals surface area contributed by atoms with Crippen LogP contribution in [0.25, 0.3) is 22.3 Å². The summed E-state index contributed by atoms with van der Waals surface area (Å²) in [5, 5.41) is 14.1. The number of aliphatic carboxylic acids is 1. The third-order valence-electron chi connectivity index (χ3n) is 10.6. The topological polar surface area (TPSA) is 272 Å². The van der Waals surface area contributed by atoms with E-state index in [1.807, 2.05) is 32.4 Å². The van der Waals surface area contributed by atoms with E-state index in [0.717, 1.165) is 17.8 Å². The standard InChI is InChI=1S/C23H25FN4O6S.C17H18FNO3.C6H11N3O3S/c1-13(2)16-9-15(24)10-17(14-6-7-25-21(8-14)34-5)18(16)11-20(29)26-35(32,33)19-12-27(3)23(31)28(4)22(19)30;1-10(2)13-7-12(18)8-14(15(13)9-17(20)21)11-4-5-19-16(6-11)22-3;1-8-3-5(13(7,11)12)4-9(2)6(8)10/h6-10,12-13H,11H2,1-5H3,(H,26,29);4-8,10H,9H2,1-3H3,(H,20,21);3H,4H2,1-2H3,(H2,7,11,12). The lowest BCUT2D eigenvalue weighted by atomic mass is 9.88. The lowest BCUT2D eigenvalue weighted by molar-refractivity contribution is -0.136. The minimum atomic E-state index is -4.60. The van der Waals surface area contributed by atoms with Crippen molar-refractivity contribution >= 4 is 38.0 Å². The molecule has 0 radical (unpaired) electrons. The maximum absolute atomic E-state index is 14.5. The highest BCUT2D eigenvalue weighted by Crippen LogP contribution is 2.35. The molecule has 70 heavy (non-hydrogen) atoms. The summed E-state index contributed by atoms with van der Waals surface area (Å²) in [5.74, 6) is -2.28. The van der Waals surface area contributed by atoms with Gasteiger partial charge in [-0.2, -0.15) is 0 Å². The minimum absolute atomic E-state index is 0.0209. The van der Waals surface area contributed by atoms with Gasteiger partial charge in [-0.15, -0.1) is 0 Å². The number of hydrogen-bond acceptors (Lipinski definition) is 13. The molecule has 5 aromatic rings. The summed E-state index contributed by atoms with van der Waals surface area (Å²) in [7, 11) is 0.0409. The number of benzene rings is 2. The lowest BCUT2D eigenvalue weighted by Crippen LogP contribution is -2.43. The van der Waals surface area contributed by atoms with Crippen molar-refractivity contribution in [3.05, 3.63) is 133 Å². The molecule has 20 nitrogen and oxygen atoms in total. The molecular weight excluding hydrogens is 959 g/mol. The van der Waals surface area contributed by atoms with Gasteiger partial charge in [-0.25, -0.2) is 55.0 Å². The average molecular weight is 1010 g/mol. The van der Waals surface area contributed by atoms with Gasteiger partial charge < -0.3 is 28.9 Å². The predicted octanol–water partition coefficient (Wildman–Crippen LogP) is 4.23. The van der Waals surface area contributed by atoms with Crippen LogP contribution in [0.2, 0.25) is 0 Å². The molecule has 2 aromatic carbocycles. The number of rotatable bonds is 13. The van der Waals surface area contributed by atoms with Crippen molar-refractivity contribution in [2.75, 3.05) is 34.9 Å². The summed E-state index contributed by atoms with van der Waals surface area (Å²) in [6.07, 6.45) is 4.54. The molecule has 4 heterocycles. The van der Waals surface area contributed by atoms with E-state index in [1.54, 1.807) is 30.5 Å². The third-order valence-corrected chi connectivity index (χ3v) is 12.9. The van der Waals surface area contributed by atoms with Crippen molar-refractivity contribution in [2.24, 2.45) is 19.2 Å². The number of hydrogen-bond donors (Lipinski definition) is 3. The van der Waals surface area contributed by atoms with Crippen LogP contribution >= 0.6 is 0 Å². The lowest BCUT2D eigenvalue weighted by Gasteiger charge is -2.28. The molecule has 0 saturated heterocycles. The van der Waals surface area contributed by atoms with E-state index in [1.165, 1.54) is 81.8 Å². The Morgan fingerprint density at radius 1 is 0.786 bits per heavy atom. The zero-order chi connectivity index (χ0) is 52.6. The Labute approximate surface area is 403 Å². The van der Waals surface area contributed by atoms with Crippen LogP contribution in [0.5, 0.6) is 11.8 Å². The van der Waals surface area contributed by atoms with Gasteiger partial charge >= 0.3 is 17.7 Å². The second-order valence-corrected chi connectivity index (χ2v) is 19.7. The summed E-state index contributed by atoms with van der Waals surface area (Å²) in [4.78, 5) is 69.3. The summed E-state index contributed by atoms with van der Waals surface area (Å²) in [6.45, 7) is 7.49. The molecule has 376 valence electrons. The number of amides is 3. The van der Waals surface area contributed by atoms with Crippen LogP contribution in [0.15, 0.2) is 92.7 Å². The highest BCUT2D eigenvalue weighted by atomic mass is 32.2. The monoisotopic (exact) mass is 1010 g/mol. The van der Waals surface area contributed by atoms with Gasteiger partial charge in [0.25, 0.3) is 15.6 Å². The first-order chi connectivity index (χ1) is 32.6. The number of pyridine rings is 2. The minimum Gasteiger partial charge on any atom is -0.481 e. The normalized spacial score (nSPS) is 12.7. The van der Waals surface area contributed by atoms with Gasteiger partial charge in [0, 0.05) is 65.1 Å². The largest absolute Gasteiger partial charge is 0.481 e. The summed E-state index contributed by atoms with van der Waals surface area (Å²) in [5.41, 5.74) is 2.61. The third kappa shape index (κ3) is 13.7. The molecule has 3 amide bonds. The number of aromatic nitrogens is 4. The smallest absolute Gasteiger partial charge is 0.330 e. The van der Waals surface area contributed by atoms with Crippen LogP contribution in [0.4, 0.5) is 13.6 Å². The van der Waals surface area contributed by atoms with Crippen LogP contribution in [0.3, 0.4) is 0 Å². The molecule has 3 aromatic heterocycles. The first kappa shape index (κ1) is 55.3. The van der Waals surface area contributed by atoms with Crippen molar-refractivity contribution in [2.45, 2.75) is 57.3 Å². The first-order valence-electron chi connectivity index (χ1n) is 21.0. The summed E-state index contributed by atoms with van der Waals surface area (Å²) >= 11 is 0. The Hall–Kier alpha value is -7.31.